The molecule has 0 aliphatic rings. The number of rotatable bonds is 1. The summed E-state index contributed by atoms with van der Waals surface area (Å²) in [6.07, 6.45) is 7.33. The van der Waals surface area contributed by atoms with E-state index in [2.05, 4.69) is 11.6 Å². The van der Waals surface area contributed by atoms with Crippen molar-refractivity contribution < 1.29 is 0 Å². The van der Waals surface area contributed by atoms with Crippen LogP contribution < -0.4 is 0 Å². The predicted molar refractivity (Wildman–Crippen MR) is 60.5 cm³/mol. The van der Waals surface area contributed by atoms with Crippen molar-refractivity contribution in [1.29, 1.82) is 0 Å². The molecule has 10 heavy (non-hydrogen) atoms. The van der Waals surface area contributed by atoms with Gasteiger partial charge in [-0.25, -0.2) is 0 Å². The van der Waals surface area contributed by atoms with Crippen LogP contribution in [-0.4, -0.2) is 13.3 Å². The first-order chi connectivity index (χ1) is 4.33. The van der Waals surface area contributed by atoms with E-state index in [0.29, 0.717) is 0 Å². The van der Waals surface area contributed by atoms with Crippen molar-refractivity contribution in [2.45, 2.75) is 13.8 Å². The highest BCUT2D eigenvalue weighted by Crippen LogP contribution is 1.64. The minimum Gasteiger partial charge on any atom is -0.301 e. The number of hydrogen-bond donors (Lipinski definition) is 0. The van der Waals surface area contributed by atoms with Gasteiger partial charge >= 0.3 is 0 Å². The summed E-state index contributed by atoms with van der Waals surface area (Å²) in [5.74, 6) is 0. The Morgan fingerprint density at radius 2 is 1.70 bits per heavy atom. The fourth-order valence-electron chi connectivity index (χ4n) is 0.136. The predicted octanol–water partition coefficient (Wildman–Crippen LogP) is 3.07. The first-order valence-corrected chi connectivity index (χ1v) is 2.94. The van der Waals surface area contributed by atoms with Gasteiger partial charge in [-0.15, -0.1) is 24.0 Å². The van der Waals surface area contributed by atoms with Crippen LogP contribution in [0.5, 0.6) is 0 Å². The second-order valence-electron chi connectivity index (χ2n) is 1.28. The molecule has 0 aliphatic heterocycles. The van der Waals surface area contributed by atoms with E-state index in [1.165, 1.54) is 0 Å². The van der Waals surface area contributed by atoms with Crippen LogP contribution in [0.1, 0.15) is 13.8 Å². The van der Waals surface area contributed by atoms with Crippen LogP contribution in [0.4, 0.5) is 0 Å². The van der Waals surface area contributed by atoms with Crippen molar-refractivity contribution in [1.82, 2.24) is 0 Å². The van der Waals surface area contributed by atoms with E-state index in [9.17, 15) is 0 Å². The lowest BCUT2D eigenvalue weighted by Gasteiger charge is -1.56. The molecule has 0 saturated heterocycles. The minimum atomic E-state index is 0. The first-order valence-electron chi connectivity index (χ1n) is 2.94. The minimum absolute atomic E-state index is 0. The van der Waals surface area contributed by atoms with E-state index in [-0.39, 0.29) is 24.0 Å². The van der Waals surface area contributed by atoms with Gasteiger partial charge in [-0.2, -0.15) is 0 Å². The van der Waals surface area contributed by atoms with Gasteiger partial charge in [0, 0.05) is 7.05 Å². The SMILES string of the molecule is C=C/C=C\C.CC=NC.I. The molecule has 60 valence electrons. The van der Waals surface area contributed by atoms with E-state index in [4.69, 9.17) is 0 Å². The average Bonchev–Trinajstić information content (AvgIpc) is 1.91. The molecular formula is C8H16IN. The van der Waals surface area contributed by atoms with Gasteiger partial charge in [0.25, 0.3) is 0 Å². The Labute approximate surface area is 81.0 Å². The zero-order chi connectivity index (χ0) is 7.54. The molecule has 0 fully saturated rings. The zero-order valence-electron chi connectivity index (χ0n) is 6.87. The molecule has 0 saturated carbocycles. The van der Waals surface area contributed by atoms with Gasteiger partial charge in [0.2, 0.25) is 0 Å². The number of allylic oxidation sites excluding steroid dienone is 3. The summed E-state index contributed by atoms with van der Waals surface area (Å²) in [5.41, 5.74) is 0. The molecule has 0 N–H and O–H groups in total. The van der Waals surface area contributed by atoms with Crippen molar-refractivity contribution in [2.75, 3.05) is 7.05 Å². The molecule has 0 amide bonds. The van der Waals surface area contributed by atoms with Crippen LogP contribution in [0.15, 0.2) is 29.8 Å². The van der Waals surface area contributed by atoms with Crippen molar-refractivity contribution in [3.63, 3.8) is 0 Å². The Kier molecular flexibility index (Phi) is 38.1. The van der Waals surface area contributed by atoms with Gasteiger partial charge < -0.3 is 4.99 Å². The Balaban J connectivity index is -0.0000000910. The molecule has 0 unspecified atom stereocenters. The zero-order valence-corrected chi connectivity index (χ0v) is 9.20. The van der Waals surface area contributed by atoms with Crippen molar-refractivity contribution in [3.05, 3.63) is 24.8 Å². The van der Waals surface area contributed by atoms with Crippen LogP contribution >= 0.6 is 24.0 Å². The summed E-state index contributed by atoms with van der Waals surface area (Å²) in [6.45, 7) is 7.31. The molecule has 2 heteroatoms. The highest BCUT2D eigenvalue weighted by atomic mass is 127. The maximum atomic E-state index is 3.61. The van der Waals surface area contributed by atoms with Crippen LogP contribution in [0.3, 0.4) is 0 Å². The molecule has 1 nitrogen and oxygen atoms in total. The van der Waals surface area contributed by atoms with Gasteiger partial charge in [-0.05, 0) is 20.1 Å². The lowest BCUT2D eigenvalue weighted by atomic mass is 10.5. The number of aliphatic imine (C=N–C) groups is 1. The molecule has 0 aromatic carbocycles. The Morgan fingerprint density at radius 3 is 1.70 bits per heavy atom. The van der Waals surface area contributed by atoms with E-state index in [0.717, 1.165) is 0 Å². The monoisotopic (exact) mass is 253 g/mol. The largest absolute Gasteiger partial charge is 0.301 e. The van der Waals surface area contributed by atoms with Crippen LogP contribution in [0.2, 0.25) is 0 Å². The topological polar surface area (TPSA) is 12.4 Å². The second-order valence-corrected chi connectivity index (χ2v) is 1.28. The number of halogens is 1. The van der Waals surface area contributed by atoms with E-state index >= 15 is 0 Å². The Morgan fingerprint density at radius 1 is 1.30 bits per heavy atom. The van der Waals surface area contributed by atoms with Gasteiger partial charge in [-0.3, -0.25) is 0 Å². The third kappa shape index (κ3) is 45.0. The molecule has 0 aromatic heterocycles. The summed E-state index contributed by atoms with van der Waals surface area (Å²) in [6, 6.07) is 0. The maximum absolute atomic E-state index is 3.61. The van der Waals surface area contributed by atoms with Gasteiger partial charge in [0.15, 0.2) is 0 Å². The lowest BCUT2D eigenvalue weighted by molar-refractivity contribution is 1.46. The molecule has 0 spiro atoms. The summed E-state index contributed by atoms with van der Waals surface area (Å²) in [5, 5.41) is 0. The molecule has 0 heterocycles. The van der Waals surface area contributed by atoms with Crippen molar-refractivity contribution in [2.24, 2.45) is 4.99 Å². The summed E-state index contributed by atoms with van der Waals surface area (Å²) >= 11 is 0. The first kappa shape index (κ1) is 16.5. The fourth-order valence-corrected chi connectivity index (χ4v) is 0.136. The summed E-state index contributed by atoms with van der Waals surface area (Å²) in [4.78, 5) is 3.61. The Bertz CT molecular complexity index is 91.4. The maximum Gasteiger partial charge on any atom is 0.0273 e. The highest BCUT2D eigenvalue weighted by Gasteiger charge is 1.42. The van der Waals surface area contributed by atoms with E-state index in [1.807, 2.05) is 26.0 Å². The van der Waals surface area contributed by atoms with E-state index in [1.54, 1.807) is 19.3 Å². The van der Waals surface area contributed by atoms with Crippen molar-refractivity contribution in [3.8, 4) is 0 Å². The third-order valence-electron chi connectivity index (χ3n) is 0.587. The molecular weight excluding hydrogens is 237 g/mol. The second kappa shape index (κ2) is 23.2. The number of hydrogen-bond acceptors (Lipinski definition) is 1. The van der Waals surface area contributed by atoms with E-state index < -0.39 is 0 Å². The van der Waals surface area contributed by atoms with Crippen LogP contribution in [0.25, 0.3) is 0 Å². The average molecular weight is 253 g/mol. The molecule has 0 rings (SSSR count). The molecule has 0 radical (unpaired) electrons. The molecule has 0 aliphatic carbocycles. The van der Waals surface area contributed by atoms with Crippen LogP contribution in [-0.2, 0) is 0 Å². The molecule has 0 bridgehead atoms. The molecule has 0 atom stereocenters. The quantitative estimate of drug-likeness (QED) is 0.387. The summed E-state index contributed by atoms with van der Waals surface area (Å²) in [7, 11) is 1.75. The standard InChI is InChI=1S/C5H8.C3H7N.HI/c1-3-5-4-2;1-3-4-2;/h3-5H,1H2,2H3;3H,1-2H3;1H/b5-4-;;. The Hall–Kier alpha value is -0.120. The fraction of sp³-hybridized carbons (Fsp3) is 0.375. The third-order valence-corrected chi connectivity index (χ3v) is 0.587. The van der Waals surface area contributed by atoms with Gasteiger partial charge in [0.1, 0.15) is 0 Å². The van der Waals surface area contributed by atoms with Crippen LogP contribution in [0, 0.1) is 0 Å². The number of nitrogens with zero attached hydrogens (tertiary/aromatic N) is 1. The smallest absolute Gasteiger partial charge is 0.0273 e. The van der Waals surface area contributed by atoms with Gasteiger partial charge in [0.05, 0.1) is 0 Å². The normalized spacial score (nSPS) is 8.30. The summed E-state index contributed by atoms with van der Waals surface area (Å²) < 4.78 is 0. The lowest BCUT2D eigenvalue weighted by Crippen LogP contribution is -1.47. The highest BCUT2D eigenvalue weighted by molar-refractivity contribution is 14.0. The van der Waals surface area contributed by atoms with Gasteiger partial charge in [-0.1, -0.05) is 24.8 Å². The molecule has 0 aromatic rings. The van der Waals surface area contributed by atoms with Crippen molar-refractivity contribution >= 4 is 30.2 Å².